The van der Waals surface area contributed by atoms with Crippen LogP contribution in [-0.4, -0.2) is 13.0 Å². The molecule has 0 saturated heterocycles. The molecule has 0 aromatic heterocycles. The number of amides is 1. The van der Waals surface area contributed by atoms with Crippen molar-refractivity contribution in [1.82, 2.24) is 5.32 Å². The number of fused-ring (bicyclic) bond motifs is 1. The normalized spacial score (nSPS) is 16.8. The number of hydrogen-bond acceptors (Lipinski definition) is 2. The van der Waals surface area contributed by atoms with Crippen LogP contribution in [0.3, 0.4) is 0 Å². The van der Waals surface area contributed by atoms with Gasteiger partial charge in [0.05, 0.1) is 0 Å². The summed E-state index contributed by atoms with van der Waals surface area (Å²) in [5.74, 6) is 0.122. The highest BCUT2D eigenvalue weighted by Crippen LogP contribution is 2.25. The fourth-order valence-corrected chi connectivity index (χ4v) is 1.84. The molecule has 1 aromatic rings. The first kappa shape index (κ1) is 10.2. The van der Waals surface area contributed by atoms with Crippen LogP contribution < -0.4 is 10.6 Å². The van der Waals surface area contributed by atoms with E-state index in [1.54, 1.807) is 0 Å². The van der Waals surface area contributed by atoms with Crippen LogP contribution in [-0.2, 0) is 11.2 Å². The van der Waals surface area contributed by atoms with Crippen LogP contribution in [0.4, 0.5) is 5.69 Å². The van der Waals surface area contributed by atoms with E-state index in [0.717, 1.165) is 12.1 Å². The first-order valence-electron chi connectivity index (χ1n) is 5.30. The van der Waals surface area contributed by atoms with Crippen molar-refractivity contribution in [2.24, 2.45) is 0 Å². The maximum atomic E-state index is 11.2. The zero-order chi connectivity index (χ0) is 10.8. The summed E-state index contributed by atoms with van der Waals surface area (Å²) in [6, 6.07) is 6.59. The van der Waals surface area contributed by atoms with Crippen LogP contribution in [0.2, 0.25) is 0 Å². The number of rotatable bonds is 2. The quantitative estimate of drug-likeness (QED) is 0.772. The second kappa shape index (κ2) is 4.03. The maximum Gasteiger partial charge on any atom is 0.224 e. The number of benzene rings is 1. The molecule has 0 saturated carbocycles. The molecule has 2 N–H and O–H groups in total. The van der Waals surface area contributed by atoms with Crippen LogP contribution in [0.25, 0.3) is 0 Å². The van der Waals surface area contributed by atoms with Gasteiger partial charge in [-0.2, -0.15) is 0 Å². The molecule has 1 aliphatic rings. The van der Waals surface area contributed by atoms with Gasteiger partial charge in [-0.15, -0.1) is 0 Å². The molecule has 0 fully saturated rings. The van der Waals surface area contributed by atoms with Gasteiger partial charge in [0.15, 0.2) is 0 Å². The number of carbonyl (C=O) groups excluding carboxylic acids is 1. The van der Waals surface area contributed by atoms with Gasteiger partial charge in [-0.3, -0.25) is 4.79 Å². The third-order valence-corrected chi connectivity index (χ3v) is 2.96. The smallest absolute Gasteiger partial charge is 0.224 e. The Labute approximate surface area is 89.9 Å². The molecule has 1 heterocycles. The lowest BCUT2D eigenvalue weighted by molar-refractivity contribution is -0.116. The summed E-state index contributed by atoms with van der Waals surface area (Å²) in [4.78, 5) is 11.2. The molecule has 0 spiro atoms. The molecule has 0 bridgehead atoms. The number of hydrogen-bond donors (Lipinski definition) is 2. The van der Waals surface area contributed by atoms with E-state index in [9.17, 15) is 4.79 Å². The minimum absolute atomic E-state index is 0.122. The fourth-order valence-electron chi connectivity index (χ4n) is 1.84. The highest BCUT2D eigenvalue weighted by Gasteiger charge is 2.15. The van der Waals surface area contributed by atoms with E-state index in [1.807, 2.05) is 13.1 Å². The first-order chi connectivity index (χ1) is 7.20. The van der Waals surface area contributed by atoms with Crippen LogP contribution >= 0.6 is 0 Å². The summed E-state index contributed by atoms with van der Waals surface area (Å²) in [5.41, 5.74) is 3.49. The number of nitrogens with one attached hydrogen (secondary N) is 2. The highest BCUT2D eigenvalue weighted by atomic mass is 16.1. The van der Waals surface area contributed by atoms with Gasteiger partial charge in [0.1, 0.15) is 0 Å². The Morgan fingerprint density at radius 2 is 2.20 bits per heavy atom. The Morgan fingerprint density at radius 3 is 2.93 bits per heavy atom. The molecule has 80 valence electrons. The second-order valence-corrected chi connectivity index (χ2v) is 3.98. The van der Waals surface area contributed by atoms with E-state index in [2.05, 4.69) is 29.7 Å². The molecule has 1 aliphatic heterocycles. The summed E-state index contributed by atoms with van der Waals surface area (Å²) in [5, 5.41) is 6.09. The molecular formula is C12H16N2O. The third-order valence-electron chi connectivity index (χ3n) is 2.96. The second-order valence-electron chi connectivity index (χ2n) is 3.98. The predicted octanol–water partition coefficient (Wildman–Crippen LogP) is 1.85. The van der Waals surface area contributed by atoms with Crippen molar-refractivity contribution in [3.8, 4) is 0 Å². The first-order valence-corrected chi connectivity index (χ1v) is 5.30. The van der Waals surface area contributed by atoms with Gasteiger partial charge in [-0.05, 0) is 37.6 Å². The molecule has 2 rings (SSSR count). The van der Waals surface area contributed by atoms with Crippen LogP contribution in [0.15, 0.2) is 18.2 Å². The largest absolute Gasteiger partial charge is 0.326 e. The molecule has 15 heavy (non-hydrogen) atoms. The van der Waals surface area contributed by atoms with Gasteiger partial charge >= 0.3 is 0 Å². The topological polar surface area (TPSA) is 41.1 Å². The summed E-state index contributed by atoms with van der Waals surface area (Å²) >= 11 is 0. The summed E-state index contributed by atoms with van der Waals surface area (Å²) in [6.45, 7) is 2.13. The molecule has 1 amide bonds. The van der Waals surface area contributed by atoms with Gasteiger partial charge in [0.25, 0.3) is 0 Å². The Kier molecular flexibility index (Phi) is 2.73. The SMILES string of the molecule is CNC(C)c1ccc2c(c1)CCC(=O)N2. The number of carbonyl (C=O) groups is 1. The summed E-state index contributed by atoms with van der Waals surface area (Å²) in [7, 11) is 1.95. The molecule has 0 aliphatic carbocycles. The van der Waals surface area contributed by atoms with E-state index in [0.29, 0.717) is 12.5 Å². The maximum absolute atomic E-state index is 11.2. The van der Waals surface area contributed by atoms with Gasteiger partial charge in [0.2, 0.25) is 5.91 Å². The van der Waals surface area contributed by atoms with E-state index in [-0.39, 0.29) is 5.91 Å². The van der Waals surface area contributed by atoms with E-state index < -0.39 is 0 Å². The molecule has 1 unspecified atom stereocenters. The van der Waals surface area contributed by atoms with E-state index >= 15 is 0 Å². The lowest BCUT2D eigenvalue weighted by Gasteiger charge is -2.19. The third kappa shape index (κ3) is 2.02. The summed E-state index contributed by atoms with van der Waals surface area (Å²) < 4.78 is 0. The Morgan fingerprint density at radius 1 is 1.40 bits per heavy atom. The van der Waals surface area contributed by atoms with Crippen molar-refractivity contribution in [2.75, 3.05) is 12.4 Å². The predicted molar refractivity (Wildman–Crippen MR) is 60.9 cm³/mol. The average molecular weight is 204 g/mol. The van der Waals surface area contributed by atoms with Crippen molar-refractivity contribution >= 4 is 11.6 Å². The van der Waals surface area contributed by atoms with Gasteiger partial charge in [-0.1, -0.05) is 12.1 Å². The van der Waals surface area contributed by atoms with E-state index in [4.69, 9.17) is 0 Å². The average Bonchev–Trinajstić information content (AvgIpc) is 2.27. The molecular weight excluding hydrogens is 188 g/mol. The molecule has 1 atom stereocenters. The molecule has 3 nitrogen and oxygen atoms in total. The molecule has 3 heteroatoms. The minimum atomic E-state index is 0.122. The Balaban J connectivity index is 2.30. The highest BCUT2D eigenvalue weighted by molar-refractivity contribution is 5.93. The standard InChI is InChI=1S/C12H16N2O/c1-8(13-2)9-3-5-11-10(7-9)4-6-12(15)14-11/h3,5,7-8,13H,4,6H2,1-2H3,(H,14,15). The fraction of sp³-hybridized carbons (Fsp3) is 0.417. The van der Waals surface area contributed by atoms with E-state index in [1.165, 1.54) is 11.1 Å². The lowest BCUT2D eigenvalue weighted by atomic mass is 9.98. The Bertz CT molecular complexity index is 387. The number of aryl methyl sites for hydroxylation is 1. The Hall–Kier alpha value is -1.35. The van der Waals surface area contributed by atoms with Gasteiger partial charge < -0.3 is 10.6 Å². The monoisotopic (exact) mass is 204 g/mol. The van der Waals surface area contributed by atoms with Crippen LogP contribution in [0.1, 0.15) is 30.5 Å². The molecule has 0 radical (unpaired) electrons. The summed E-state index contributed by atoms with van der Waals surface area (Å²) in [6.07, 6.45) is 1.45. The zero-order valence-corrected chi connectivity index (χ0v) is 9.13. The minimum Gasteiger partial charge on any atom is -0.326 e. The van der Waals surface area contributed by atoms with Crippen molar-refractivity contribution in [1.29, 1.82) is 0 Å². The number of anilines is 1. The zero-order valence-electron chi connectivity index (χ0n) is 9.13. The van der Waals surface area contributed by atoms with Crippen LogP contribution in [0, 0.1) is 0 Å². The van der Waals surface area contributed by atoms with Crippen LogP contribution in [0.5, 0.6) is 0 Å². The lowest BCUT2D eigenvalue weighted by Crippen LogP contribution is -2.20. The van der Waals surface area contributed by atoms with Crippen molar-refractivity contribution < 1.29 is 4.79 Å². The van der Waals surface area contributed by atoms with Crippen molar-refractivity contribution in [3.05, 3.63) is 29.3 Å². The van der Waals surface area contributed by atoms with Crippen molar-refractivity contribution in [3.63, 3.8) is 0 Å². The van der Waals surface area contributed by atoms with Crippen molar-refractivity contribution in [2.45, 2.75) is 25.8 Å². The molecule has 1 aromatic carbocycles. The van der Waals surface area contributed by atoms with Gasteiger partial charge in [0, 0.05) is 18.2 Å². The van der Waals surface area contributed by atoms with Gasteiger partial charge in [-0.25, -0.2) is 0 Å².